The molecule has 1 aromatic carbocycles. The number of hydrogen-bond acceptors (Lipinski definition) is 8. The number of H-pyrrole nitrogens is 1. The summed E-state index contributed by atoms with van der Waals surface area (Å²) in [4.78, 5) is 56.6. The van der Waals surface area contributed by atoms with Gasteiger partial charge in [-0.1, -0.05) is 13.3 Å². The number of imidazole rings is 1. The van der Waals surface area contributed by atoms with E-state index in [0.29, 0.717) is 24.6 Å². The number of aromatic amines is 1. The van der Waals surface area contributed by atoms with Crippen LogP contribution in [0.4, 0.5) is 11.4 Å². The Labute approximate surface area is 188 Å². The second kappa shape index (κ2) is 9.67. The summed E-state index contributed by atoms with van der Waals surface area (Å²) >= 11 is 0. The number of ether oxygens (including phenoxy) is 1. The Bertz CT molecular complexity index is 1320. The summed E-state index contributed by atoms with van der Waals surface area (Å²) in [6.45, 7) is 4.26. The lowest BCUT2D eigenvalue weighted by molar-refractivity contribution is -0.384. The van der Waals surface area contributed by atoms with Crippen LogP contribution in [-0.4, -0.2) is 44.1 Å². The quantitative estimate of drug-likeness (QED) is 0.291. The van der Waals surface area contributed by atoms with Crippen molar-refractivity contribution in [2.45, 2.75) is 46.4 Å². The first kappa shape index (κ1) is 23.7. The van der Waals surface area contributed by atoms with Crippen LogP contribution in [-0.2, 0) is 24.4 Å². The summed E-state index contributed by atoms with van der Waals surface area (Å²) in [6, 6.07) is 3.94. The highest BCUT2D eigenvalue weighted by Gasteiger charge is 2.22. The Morgan fingerprint density at radius 1 is 1.24 bits per heavy atom. The van der Waals surface area contributed by atoms with Crippen LogP contribution in [0.5, 0.6) is 0 Å². The number of non-ortho nitro benzene ring substituents is 1. The minimum Gasteiger partial charge on any atom is -0.454 e. The minimum atomic E-state index is -0.769. The number of rotatable bonds is 9. The molecule has 3 aromatic rings. The van der Waals surface area contributed by atoms with Gasteiger partial charge in [0, 0.05) is 39.3 Å². The van der Waals surface area contributed by atoms with E-state index in [0.717, 1.165) is 18.9 Å². The van der Waals surface area contributed by atoms with Gasteiger partial charge in [0.05, 0.1) is 16.2 Å². The summed E-state index contributed by atoms with van der Waals surface area (Å²) in [5, 5.41) is 11.2. The molecule has 0 radical (unpaired) electrons. The lowest BCUT2D eigenvalue weighted by atomic mass is 10.1. The normalized spacial score (nSPS) is 11.0. The molecule has 0 aliphatic heterocycles. The molecular weight excluding hydrogens is 432 g/mol. The molecule has 0 atom stereocenters. The van der Waals surface area contributed by atoms with E-state index < -0.39 is 22.1 Å². The van der Waals surface area contributed by atoms with E-state index >= 15 is 0 Å². The van der Waals surface area contributed by atoms with Gasteiger partial charge in [0.15, 0.2) is 11.2 Å². The van der Waals surface area contributed by atoms with Crippen LogP contribution in [0.3, 0.4) is 0 Å². The zero-order chi connectivity index (χ0) is 24.3. The molecule has 0 aliphatic rings. The number of esters is 1. The number of aromatic nitrogens is 4. The second-order valence-electron chi connectivity index (χ2n) is 7.64. The maximum atomic E-state index is 12.8. The number of nitrogens with zero attached hydrogens (tertiary/aromatic N) is 5. The highest BCUT2D eigenvalue weighted by Crippen LogP contribution is 2.25. The highest BCUT2D eigenvalue weighted by atomic mass is 16.6. The first-order valence-corrected chi connectivity index (χ1v) is 10.5. The fraction of sp³-hybridized carbons (Fsp3) is 0.429. The SMILES string of the molecule is CCCCn1c(=O)[nH]c(=O)c2c1nc(COC(=O)c1cc([N+](=O)[O-])ccc1N(C)C)n2CC. The van der Waals surface area contributed by atoms with Crippen molar-refractivity contribution in [3.05, 3.63) is 60.5 Å². The third-order valence-electron chi connectivity index (χ3n) is 5.24. The van der Waals surface area contributed by atoms with Crippen LogP contribution in [0.15, 0.2) is 27.8 Å². The van der Waals surface area contributed by atoms with Crippen molar-refractivity contribution < 1.29 is 14.5 Å². The Balaban J connectivity index is 1.99. The zero-order valence-corrected chi connectivity index (χ0v) is 19.0. The second-order valence-corrected chi connectivity index (χ2v) is 7.64. The van der Waals surface area contributed by atoms with E-state index in [1.807, 2.05) is 6.92 Å². The predicted octanol–water partition coefficient (Wildman–Crippen LogP) is 2.04. The van der Waals surface area contributed by atoms with Crippen molar-refractivity contribution in [1.29, 1.82) is 0 Å². The summed E-state index contributed by atoms with van der Waals surface area (Å²) in [5.74, 6) is -0.478. The van der Waals surface area contributed by atoms with E-state index in [1.165, 1.54) is 16.7 Å². The van der Waals surface area contributed by atoms with Crippen LogP contribution in [0, 0.1) is 10.1 Å². The molecule has 0 fully saturated rings. The standard InChI is InChI=1S/C21H26N6O6/c1-5-7-10-26-18-17(19(28)23-21(26)30)25(6-2)16(22-18)12-33-20(29)14-11-13(27(31)32)8-9-15(14)24(3)4/h8-9,11H,5-7,10,12H2,1-4H3,(H,23,28,30). The number of hydrogen-bond donors (Lipinski definition) is 1. The van der Waals surface area contributed by atoms with Crippen molar-refractivity contribution in [2.75, 3.05) is 19.0 Å². The first-order chi connectivity index (χ1) is 15.7. The Kier molecular flexibility index (Phi) is 6.95. The van der Waals surface area contributed by atoms with Gasteiger partial charge < -0.3 is 14.2 Å². The van der Waals surface area contributed by atoms with Crippen LogP contribution in [0.2, 0.25) is 0 Å². The number of carbonyl (C=O) groups excluding carboxylic acids is 1. The summed E-state index contributed by atoms with van der Waals surface area (Å²) in [7, 11) is 3.41. The molecule has 12 nitrogen and oxygen atoms in total. The van der Waals surface area contributed by atoms with Crippen molar-refractivity contribution in [2.24, 2.45) is 0 Å². The third-order valence-corrected chi connectivity index (χ3v) is 5.24. The van der Waals surface area contributed by atoms with Crippen molar-refractivity contribution in [3.8, 4) is 0 Å². The summed E-state index contributed by atoms with van der Waals surface area (Å²) in [5.41, 5.74) is -0.399. The number of anilines is 1. The molecule has 0 spiro atoms. The van der Waals surface area contributed by atoms with Crippen LogP contribution in [0.1, 0.15) is 42.9 Å². The molecule has 3 rings (SSSR count). The average Bonchev–Trinajstić information content (AvgIpc) is 3.15. The molecule has 0 unspecified atom stereocenters. The highest BCUT2D eigenvalue weighted by molar-refractivity contribution is 5.96. The van der Waals surface area contributed by atoms with E-state index in [4.69, 9.17) is 4.74 Å². The maximum absolute atomic E-state index is 12.8. The Hall–Kier alpha value is -3.96. The number of aryl methyl sites for hydroxylation is 2. The third kappa shape index (κ3) is 4.64. The molecule has 0 saturated heterocycles. The van der Waals surface area contributed by atoms with Crippen molar-refractivity contribution >= 4 is 28.5 Å². The van der Waals surface area contributed by atoms with Crippen molar-refractivity contribution in [3.63, 3.8) is 0 Å². The number of nitrogens with one attached hydrogen (secondary N) is 1. The van der Waals surface area contributed by atoms with E-state index in [1.54, 1.807) is 30.5 Å². The molecule has 12 heteroatoms. The molecule has 2 aromatic heterocycles. The van der Waals surface area contributed by atoms with E-state index in [2.05, 4.69) is 9.97 Å². The van der Waals surface area contributed by atoms with Crippen molar-refractivity contribution in [1.82, 2.24) is 19.1 Å². The smallest absolute Gasteiger partial charge is 0.340 e. The monoisotopic (exact) mass is 458 g/mol. The summed E-state index contributed by atoms with van der Waals surface area (Å²) < 4.78 is 8.42. The van der Waals surface area contributed by atoms with Gasteiger partial charge in [-0.05, 0) is 19.4 Å². The van der Waals surface area contributed by atoms with E-state index in [-0.39, 0.29) is 29.0 Å². The van der Waals surface area contributed by atoms with Gasteiger partial charge in [-0.15, -0.1) is 0 Å². The number of carbonyl (C=O) groups is 1. The lowest BCUT2D eigenvalue weighted by Crippen LogP contribution is -2.31. The summed E-state index contributed by atoms with van der Waals surface area (Å²) in [6.07, 6.45) is 1.58. The fourth-order valence-corrected chi connectivity index (χ4v) is 3.59. The number of fused-ring (bicyclic) bond motifs is 1. The number of nitro groups is 1. The van der Waals surface area contributed by atoms with Gasteiger partial charge in [0.25, 0.3) is 11.2 Å². The molecule has 2 heterocycles. The molecular formula is C21H26N6O6. The molecule has 33 heavy (non-hydrogen) atoms. The predicted molar refractivity (Wildman–Crippen MR) is 122 cm³/mol. The topological polar surface area (TPSA) is 145 Å². The van der Waals surface area contributed by atoms with E-state index in [9.17, 15) is 24.5 Å². The lowest BCUT2D eigenvalue weighted by Gasteiger charge is -2.16. The first-order valence-electron chi connectivity index (χ1n) is 10.5. The van der Waals surface area contributed by atoms with Gasteiger partial charge in [0.2, 0.25) is 0 Å². The van der Waals surface area contributed by atoms with Gasteiger partial charge in [-0.3, -0.25) is 24.5 Å². The largest absolute Gasteiger partial charge is 0.454 e. The van der Waals surface area contributed by atoms with Crippen LogP contribution >= 0.6 is 0 Å². The molecule has 0 aliphatic carbocycles. The molecule has 0 saturated carbocycles. The number of unbranched alkanes of at least 4 members (excludes halogenated alkanes) is 1. The van der Waals surface area contributed by atoms with Gasteiger partial charge >= 0.3 is 11.7 Å². The molecule has 1 N–H and O–H groups in total. The Morgan fingerprint density at radius 3 is 2.58 bits per heavy atom. The van der Waals surface area contributed by atoms with Gasteiger partial charge in [-0.2, -0.15) is 0 Å². The Morgan fingerprint density at radius 2 is 1.97 bits per heavy atom. The average molecular weight is 458 g/mol. The van der Waals surface area contributed by atoms with Crippen LogP contribution in [0.25, 0.3) is 11.2 Å². The number of nitro benzene ring substituents is 1. The van der Waals surface area contributed by atoms with Crippen LogP contribution < -0.4 is 16.1 Å². The molecule has 0 amide bonds. The van der Waals surface area contributed by atoms with Gasteiger partial charge in [0.1, 0.15) is 12.4 Å². The maximum Gasteiger partial charge on any atom is 0.340 e. The fourth-order valence-electron chi connectivity index (χ4n) is 3.59. The molecule has 176 valence electrons. The zero-order valence-electron chi connectivity index (χ0n) is 19.0. The molecule has 0 bridgehead atoms. The minimum absolute atomic E-state index is 0.0334. The van der Waals surface area contributed by atoms with Gasteiger partial charge in [-0.25, -0.2) is 14.6 Å². The number of benzene rings is 1.